The second-order valence-electron chi connectivity index (χ2n) is 10.1. The molecular weight excluding hydrogens is 466 g/mol. The van der Waals surface area contributed by atoms with Gasteiger partial charge in [0.15, 0.2) is 5.65 Å². The highest BCUT2D eigenvalue weighted by Crippen LogP contribution is 2.36. The minimum absolute atomic E-state index is 0.181. The molecule has 0 amide bonds. The van der Waals surface area contributed by atoms with Crippen molar-refractivity contribution < 1.29 is 9.84 Å². The van der Waals surface area contributed by atoms with Crippen molar-refractivity contribution in [2.24, 2.45) is 11.7 Å². The Kier molecular flexibility index (Phi) is 7.36. The van der Waals surface area contributed by atoms with E-state index >= 15 is 0 Å². The van der Waals surface area contributed by atoms with Crippen LogP contribution in [0, 0.1) is 5.92 Å². The van der Waals surface area contributed by atoms with Crippen molar-refractivity contribution in [3.8, 4) is 22.8 Å². The SMILES string of the molecule is CC(C)[C@H](N)C(O)NC1CCC(n2nc(-c3ccc(Oc4ccccc4)cc3)c3c(N)ncnc32)CC1. The topological polar surface area (TPSA) is 137 Å². The minimum Gasteiger partial charge on any atom is -0.457 e. The second kappa shape index (κ2) is 10.8. The molecule has 0 bridgehead atoms. The lowest BCUT2D eigenvalue weighted by Crippen LogP contribution is -2.52. The Morgan fingerprint density at radius 1 is 0.973 bits per heavy atom. The molecule has 0 aliphatic heterocycles. The van der Waals surface area contributed by atoms with Crippen LogP contribution in [-0.4, -0.2) is 43.2 Å². The van der Waals surface area contributed by atoms with Gasteiger partial charge in [-0.3, -0.25) is 5.32 Å². The Hall–Kier alpha value is -3.53. The number of fused-ring (bicyclic) bond motifs is 1. The summed E-state index contributed by atoms with van der Waals surface area (Å²) < 4.78 is 7.94. The third-order valence-corrected chi connectivity index (χ3v) is 7.21. The first-order valence-corrected chi connectivity index (χ1v) is 12.9. The Labute approximate surface area is 216 Å². The van der Waals surface area contributed by atoms with Crippen LogP contribution in [0.4, 0.5) is 5.82 Å². The Balaban J connectivity index is 1.35. The van der Waals surface area contributed by atoms with Gasteiger partial charge in [-0.15, -0.1) is 0 Å². The number of nitrogens with zero attached hydrogens (tertiary/aromatic N) is 4. The van der Waals surface area contributed by atoms with E-state index in [9.17, 15) is 5.11 Å². The molecular formula is C28H35N7O2. The maximum absolute atomic E-state index is 10.4. The molecule has 1 unspecified atom stereocenters. The predicted octanol–water partition coefficient (Wildman–Crippen LogP) is 4.24. The molecule has 194 valence electrons. The molecule has 9 nitrogen and oxygen atoms in total. The van der Waals surface area contributed by atoms with E-state index < -0.39 is 6.23 Å². The number of para-hydroxylation sites is 1. The van der Waals surface area contributed by atoms with Gasteiger partial charge in [-0.05, 0) is 68.0 Å². The highest BCUT2D eigenvalue weighted by atomic mass is 16.5. The van der Waals surface area contributed by atoms with Crippen LogP contribution in [0.3, 0.4) is 0 Å². The van der Waals surface area contributed by atoms with E-state index in [1.165, 1.54) is 6.33 Å². The van der Waals surface area contributed by atoms with Gasteiger partial charge in [-0.25, -0.2) is 14.6 Å². The zero-order valence-corrected chi connectivity index (χ0v) is 21.3. The number of aromatic nitrogens is 4. The molecule has 0 saturated heterocycles. The van der Waals surface area contributed by atoms with Crippen molar-refractivity contribution >= 4 is 16.9 Å². The van der Waals surface area contributed by atoms with Crippen molar-refractivity contribution in [3.63, 3.8) is 0 Å². The molecule has 2 aromatic carbocycles. The molecule has 5 rings (SSSR count). The van der Waals surface area contributed by atoms with E-state index in [0.717, 1.165) is 59.5 Å². The summed E-state index contributed by atoms with van der Waals surface area (Å²) in [6.45, 7) is 4.04. The molecule has 1 fully saturated rings. The Morgan fingerprint density at radius 2 is 1.65 bits per heavy atom. The molecule has 1 aliphatic rings. The lowest BCUT2D eigenvalue weighted by atomic mass is 9.90. The standard InChI is InChI=1S/C28H35N7O2/c1-17(2)24(29)28(36)33-19-10-12-20(13-11-19)35-27-23(26(30)31-16-32-27)25(34-35)18-8-14-22(15-9-18)37-21-6-4-3-5-7-21/h3-9,14-17,19-20,24,28,33,36H,10-13,29H2,1-2H3,(H2,30,31,32)/t19?,20?,24-,28?/m0/s1. The predicted molar refractivity (Wildman–Crippen MR) is 145 cm³/mol. The van der Waals surface area contributed by atoms with E-state index in [2.05, 4.69) is 15.3 Å². The van der Waals surface area contributed by atoms with Crippen molar-refractivity contribution in [3.05, 3.63) is 60.9 Å². The van der Waals surface area contributed by atoms with Gasteiger partial charge in [0.25, 0.3) is 0 Å². The van der Waals surface area contributed by atoms with Crippen molar-refractivity contribution in [2.45, 2.75) is 63.9 Å². The van der Waals surface area contributed by atoms with Crippen LogP contribution in [0.25, 0.3) is 22.3 Å². The molecule has 2 atom stereocenters. The number of anilines is 1. The smallest absolute Gasteiger partial charge is 0.164 e. The van der Waals surface area contributed by atoms with Crippen LogP contribution in [0.2, 0.25) is 0 Å². The zero-order valence-electron chi connectivity index (χ0n) is 21.3. The summed E-state index contributed by atoms with van der Waals surface area (Å²) in [6, 6.07) is 17.6. The van der Waals surface area contributed by atoms with E-state index in [-0.39, 0.29) is 24.0 Å². The fourth-order valence-electron chi connectivity index (χ4n) is 4.96. The number of hydrogen-bond acceptors (Lipinski definition) is 8. The quantitative estimate of drug-likeness (QED) is 0.263. The number of hydrogen-bond donors (Lipinski definition) is 4. The summed E-state index contributed by atoms with van der Waals surface area (Å²) in [5.74, 6) is 2.15. The molecule has 4 aromatic rings. The molecule has 2 aromatic heterocycles. The first-order valence-electron chi connectivity index (χ1n) is 12.9. The van der Waals surface area contributed by atoms with E-state index in [1.54, 1.807) is 0 Å². The fraction of sp³-hybridized carbons (Fsp3) is 0.393. The number of ether oxygens (including phenoxy) is 1. The molecule has 1 saturated carbocycles. The highest BCUT2D eigenvalue weighted by Gasteiger charge is 2.29. The van der Waals surface area contributed by atoms with Gasteiger partial charge in [0.05, 0.1) is 11.4 Å². The largest absolute Gasteiger partial charge is 0.457 e. The van der Waals surface area contributed by atoms with Crippen LogP contribution < -0.4 is 21.5 Å². The van der Waals surface area contributed by atoms with Crippen LogP contribution in [0.5, 0.6) is 11.5 Å². The van der Waals surface area contributed by atoms with Gasteiger partial charge in [0.2, 0.25) is 0 Å². The fourth-order valence-corrected chi connectivity index (χ4v) is 4.96. The van der Waals surface area contributed by atoms with Crippen molar-refractivity contribution in [1.82, 2.24) is 25.1 Å². The molecule has 6 N–H and O–H groups in total. The average molecular weight is 502 g/mol. The Bertz CT molecular complexity index is 1320. The molecule has 1 aliphatic carbocycles. The third kappa shape index (κ3) is 5.44. The molecule has 0 spiro atoms. The lowest BCUT2D eigenvalue weighted by molar-refractivity contribution is 0.0695. The maximum atomic E-state index is 10.4. The third-order valence-electron chi connectivity index (χ3n) is 7.21. The molecule has 0 radical (unpaired) electrons. The van der Waals surface area contributed by atoms with Gasteiger partial charge in [0.1, 0.15) is 35.6 Å². The van der Waals surface area contributed by atoms with Crippen LogP contribution in [0.1, 0.15) is 45.6 Å². The number of aliphatic hydroxyl groups is 1. The second-order valence-corrected chi connectivity index (χ2v) is 10.1. The monoisotopic (exact) mass is 501 g/mol. The normalized spacial score (nSPS) is 19.7. The minimum atomic E-state index is -0.708. The summed E-state index contributed by atoms with van der Waals surface area (Å²) in [7, 11) is 0. The number of aliphatic hydroxyl groups excluding tert-OH is 1. The highest BCUT2D eigenvalue weighted by molar-refractivity contribution is 5.98. The van der Waals surface area contributed by atoms with Gasteiger partial charge in [-0.1, -0.05) is 32.0 Å². The van der Waals surface area contributed by atoms with Gasteiger partial charge < -0.3 is 21.3 Å². The number of rotatable bonds is 8. The summed E-state index contributed by atoms with van der Waals surface area (Å²) in [4.78, 5) is 8.80. The zero-order chi connectivity index (χ0) is 25.9. The van der Waals surface area contributed by atoms with Crippen molar-refractivity contribution in [1.29, 1.82) is 0 Å². The molecule has 2 heterocycles. The van der Waals surface area contributed by atoms with Gasteiger partial charge in [-0.2, -0.15) is 5.10 Å². The van der Waals surface area contributed by atoms with Crippen molar-refractivity contribution in [2.75, 3.05) is 5.73 Å². The molecule has 37 heavy (non-hydrogen) atoms. The van der Waals surface area contributed by atoms with E-state index in [1.807, 2.05) is 73.1 Å². The van der Waals surface area contributed by atoms with Crippen LogP contribution in [-0.2, 0) is 0 Å². The number of nitrogen functional groups attached to an aromatic ring is 1. The van der Waals surface area contributed by atoms with Crippen LogP contribution >= 0.6 is 0 Å². The van der Waals surface area contributed by atoms with E-state index in [0.29, 0.717) is 5.82 Å². The lowest BCUT2D eigenvalue weighted by Gasteiger charge is -2.33. The number of nitrogens with one attached hydrogen (secondary N) is 1. The Morgan fingerprint density at radius 3 is 2.32 bits per heavy atom. The van der Waals surface area contributed by atoms with Gasteiger partial charge >= 0.3 is 0 Å². The molecule has 9 heteroatoms. The number of nitrogens with two attached hydrogens (primary N) is 2. The summed E-state index contributed by atoms with van der Waals surface area (Å²) in [5.41, 5.74) is 14.9. The maximum Gasteiger partial charge on any atom is 0.164 e. The summed E-state index contributed by atoms with van der Waals surface area (Å²) in [6.07, 6.45) is 4.43. The summed E-state index contributed by atoms with van der Waals surface area (Å²) >= 11 is 0. The summed E-state index contributed by atoms with van der Waals surface area (Å²) in [5, 5.41) is 19.5. The number of benzene rings is 2. The first kappa shape index (κ1) is 25.1. The average Bonchev–Trinajstić information content (AvgIpc) is 3.30. The van der Waals surface area contributed by atoms with Gasteiger partial charge in [0, 0.05) is 17.6 Å². The van der Waals surface area contributed by atoms with Crippen LogP contribution in [0.15, 0.2) is 60.9 Å². The van der Waals surface area contributed by atoms with E-state index in [4.69, 9.17) is 21.3 Å². The first-order chi connectivity index (χ1) is 17.9.